The van der Waals surface area contributed by atoms with Gasteiger partial charge in [0, 0.05) is 12.6 Å². The van der Waals surface area contributed by atoms with Crippen molar-refractivity contribution in [2.45, 2.75) is 32.4 Å². The maximum absolute atomic E-state index is 9.35. The van der Waals surface area contributed by atoms with Crippen molar-refractivity contribution < 1.29 is 5.11 Å². The first-order valence-electron chi connectivity index (χ1n) is 5.37. The van der Waals surface area contributed by atoms with Crippen LogP contribution < -0.4 is 5.32 Å². The molecule has 0 spiro atoms. The third-order valence-corrected chi connectivity index (χ3v) is 3.60. The van der Waals surface area contributed by atoms with Gasteiger partial charge in [0.05, 0.1) is 4.47 Å². The highest BCUT2D eigenvalue weighted by atomic mass is 79.9. The Kier molecular flexibility index (Phi) is 3.32. The van der Waals surface area contributed by atoms with Crippen molar-refractivity contribution in [2.75, 3.05) is 0 Å². The number of benzene rings is 1. The van der Waals surface area contributed by atoms with Gasteiger partial charge < -0.3 is 10.4 Å². The lowest BCUT2D eigenvalue weighted by Gasteiger charge is -2.12. The molecule has 1 aromatic carbocycles. The molecule has 0 aromatic heterocycles. The van der Waals surface area contributed by atoms with Crippen LogP contribution in [-0.4, -0.2) is 11.1 Å². The van der Waals surface area contributed by atoms with Crippen LogP contribution in [0.2, 0.25) is 0 Å². The van der Waals surface area contributed by atoms with Crippen LogP contribution in [0.4, 0.5) is 0 Å². The van der Waals surface area contributed by atoms with Crippen molar-refractivity contribution in [3.8, 4) is 5.75 Å². The second-order valence-corrected chi connectivity index (χ2v) is 5.15. The molecule has 1 fully saturated rings. The summed E-state index contributed by atoms with van der Waals surface area (Å²) in [6, 6.07) is 6.25. The van der Waals surface area contributed by atoms with Crippen LogP contribution in [0.3, 0.4) is 0 Å². The van der Waals surface area contributed by atoms with Gasteiger partial charge in [0.2, 0.25) is 0 Å². The van der Waals surface area contributed by atoms with Crippen LogP contribution in [-0.2, 0) is 6.54 Å². The van der Waals surface area contributed by atoms with E-state index in [2.05, 4.69) is 28.2 Å². The fraction of sp³-hybridized carbons (Fsp3) is 0.500. The van der Waals surface area contributed by atoms with Crippen LogP contribution in [0.15, 0.2) is 22.7 Å². The van der Waals surface area contributed by atoms with Gasteiger partial charge >= 0.3 is 0 Å². The topological polar surface area (TPSA) is 32.3 Å². The molecule has 2 N–H and O–H groups in total. The maximum Gasteiger partial charge on any atom is 0.129 e. The minimum absolute atomic E-state index is 0.300. The summed E-state index contributed by atoms with van der Waals surface area (Å²) >= 11 is 3.32. The van der Waals surface area contributed by atoms with E-state index in [1.54, 1.807) is 6.07 Å². The lowest BCUT2D eigenvalue weighted by Crippen LogP contribution is -2.27. The smallest absolute Gasteiger partial charge is 0.129 e. The molecule has 1 saturated carbocycles. The van der Waals surface area contributed by atoms with Gasteiger partial charge in [0.25, 0.3) is 0 Å². The van der Waals surface area contributed by atoms with E-state index in [1.807, 2.05) is 12.1 Å². The van der Waals surface area contributed by atoms with Crippen LogP contribution in [0.25, 0.3) is 0 Å². The average molecular weight is 270 g/mol. The van der Waals surface area contributed by atoms with E-state index in [0.29, 0.717) is 11.8 Å². The first kappa shape index (κ1) is 11.0. The summed E-state index contributed by atoms with van der Waals surface area (Å²) in [5, 5.41) is 12.9. The molecule has 0 radical (unpaired) electrons. The average Bonchev–Trinajstić information content (AvgIpc) is 3.03. The fourth-order valence-electron chi connectivity index (χ4n) is 1.70. The van der Waals surface area contributed by atoms with Gasteiger partial charge in [-0.2, -0.15) is 0 Å². The van der Waals surface area contributed by atoms with Gasteiger partial charge in [0.1, 0.15) is 5.75 Å². The van der Waals surface area contributed by atoms with Crippen molar-refractivity contribution in [3.63, 3.8) is 0 Å². The second-order valence-electron chi connectivity index (χ2n) is 4.29. The molecule has 1 aromatic rings. The molecular formula is C12H16BrNO. The lowest BCUT2D eigenvalue weighted by molar-refractivity contribution is 0.470. The predicted octanol–water partition coefficient (Wildman–Crippen LogP) is 3.04. The molecule has 1 aliphatic carbocycles. The first-order chi connectivity index (χ1) is 7.16. The first-order valence-corrected chi connectivity index (χ1v) is 6.17. The monoisotopic (exact) mass is 269 g/mol. The Hall–Kier alpha value is -0.540. The summed E-state index contributed by atoms with van der Waals surface area (Å²) in [5.74, 6) is 1.18. The maximum atomic E-state index is 9.35. The zero-order valence-electron chi connectivity index (χ0n) is 8.83. The number of aromatic hydroxyl groups is 1. The van der Waals surface area contributed by atoms with Crippen molar-refractivity contribution >= 4 is 15.9 Å². The Balaban J connectivity index is 1.89. The van der Waals surface area contributed by atoms with Crippen molar-refractivity contribution in [2.24, 2.45) is 5.92 Å². The third-order valence-electron chi connectivity index (χ3n) is 2.97. The fourth-order valence-corrected chi connectivity index (χ4v) is 2.13. The van der Waals surface area contributed by atoms with E-state index in [4.69, 9.17) is 0 Å². The second kappa shape index (κ2) is 4.54. The molecule has 1 atom stereocenters. The molecule has 0 saturated heterocycles. The SMILES string of the molecule is CC(NCc1ccc(O)c(Br)c1)C1CC1. The number of phenolic OH excluding ortho intramolecular Hbond substituents is 1. The Morgan fingerprint density at radius 2 is 2.27 bits per heavy atom. The van der Waals surface area contributed by atoms with E-state index in [-0.39, 0.29) is 0 Å². The summed E-state index contributed by atoms with van der Waals surface area (Å²) in [6.45, 7) is 3.11. The Bertz CT molecular complexity index is 349. The normalized spacial score (nSPS) is 17.7. The minimum atomic E-state index is 0.300. The number of hydrogen-bond acceptors (Lipinski definition) is 2. The Labute approximate surface area is 98.8 Å². The molecule has 2 nitrogen and oxygen atoms in total. The van der Waals surface area contributed by atoms with Gasteiger partial charge in [-0.1, -0.05) is 6.07 Å². The van der Waals surface area contributed by atoms with E-state index < -0.39 is 0 Å². The largest absolute Gasteiger partial charge is 0.507 e. The molecule has 15 heavy (non-hydrogen) atoms. The number of hydrogen-bond donors (Lipinski definition) is 2. The van der Waals surface area contributed by atoms with Crippen LogP contribution >= 0.6 is 15.9 Å². The summed E-state index contributed by atoms with van der Waals surface area (Å²) in [6.07, 6.45) is 2.74. The Morgan fingerprint density at radius 1 is 1.53 bits per heavy atom. The molecule has 82 valence electrons. The summed E-state index contributed by atoms with van der Waals surface area (Å²) in [4.78, 5) is 0. The van der Waals surface area contributed by atoms with Crippen LogP contribution in [0.1, 0.15) is 25.3 Å². The molecule has 0 bridgehead atoms. The highest BCUT2D eigenvalue weighted by Crippen LogP contribution is 2.32. The molecule has 1 aliphatic rings. The summed E-state index contributed by atoms with van der Waals surface area (Å²) in [7, 11) is 0. The van der Waals surface area contributed by atoms with E-state index in [9.17, 15) is 5.11 Å². The van der Waals surface area contributed by atoms with E-state index >= 15 is 0 Å². The van der Waals surface area contributed by atoms with Crippen molar-refractivity contribution in [1.82, 2.24) is 5.32 Å². The van der Waals surface area contributed by atoms with E-state index in [0.717, 1.165) is 16.9 Å². The highest BCUT2D eigenvalue weighted by Gasteiger charge is 2.27. The number of halogens is 1. The number of nitrogens with one attached hydrogen (secondary N) is 1. The van der Waals surface area contributed by atoms with Gasteiger partial charge in [-0.25, -0.2) is 0 Å². The summed E-state index contributed by atoms with van der Waals surface area (Å²) in [5.41, 5.74) is 1.20. The molecule has 2 rings (SSSR count). The summed E-state index contributed by atoms with van der Waals surface area (Å²) < 4.78 is 0.765. The molecule has 0 heterocycles. The highest BCUT2D eigenvalue weighted by molar-refractivity contribution is 9.10. The van der Waals surface area contributed by atoms with Crippen LogP contribution in [0, 0.1) is 5.92 Å². The molecule has 1 unspecified atom stereocenters. The predicted molar refractivity (Wildman–Crippen MR) is 64.8 cm³/mol. The van der Waals surface area contributed by atoms with Crippen molar-refractivity contribution in [1.29, 1.82) is 0 Å². The van der Waals surface area contributed by atoms with Crippen LogP contribution in [0.5, 0.6) is 5.75 Å². The lowest BCUT2D eigenvalue weighted by atomic mass is 10.2. The quantitative estimate of drug-likeness (QED) is 0.881. The molecule has 0 amide bonds. The zero-order chi connectivity index (χ0) is 10.8. The van der Waals surface area contributed by atoms with E-state index in [1.165, 1.54) is 18.4 Å². The zero-order valence-corrected chi connectivity index (χ0v) is 10.4. The van der Waals surface area contributed by atoms with Gasteiger partial charge in [-0.15, -0.1) is 0 Å². The molecule has 0 aliphatic heterocycles. The van der Waals surface area contributed by atoms with Gasteiger partial charge in [-0.05, 0) is 59.3 Å². The molecule has 3 heteroatoms. The minimum Gasteiger partial charge on any atom is -0.507 e. The third kappa shape index (κ3) is 2.95. The Morgan fingerprint density at radius 3 is 2.87 bits per heavy atom. The van der Waals surface area contributed by atoms with Crippen molar-refractivity contribution in [3.05, 3.63) is 28.2 Å². The van der Waals surface area contributed by atoms with Gasteiger partial charge in [0.15, 0.2) is 0 Å². The molecular weight excluding hydrogens is 254 g/mol. The standard InChI is InChI=1S/C12H16BrNO/c1-8(10-3-4-10)14-7-9-2-5-12(15)11(13)6-9/h2,5-6,8,10,14-15H,3-4,7H2,1H3. The van der Waals surface area contributed by atoms with Gasteiger partial charge in [-0.3, -0.25) is 0 Å². The number of rotatable bonds is 4. The number of phenols is 1.